The lowest BCUT2D eigenvalue weighted by Crippen LogP contribution is -2.34. The first-order valence-electron chi connectivity index (χ1n) is 10.6. The van der Waals surface area contributed by atoms with Crippen LogP contribution < -0.4 is 10.6 Å². The molecule has 0 spiro atoms. The van der Waals surface area contributed by atoms with Crippen LogP contribution in [0.1, 0.15) is 38.5 Å². The number of amides is 2. The van der Waals surface area contributed by atoms with Gasteiger partial charge in [0, 0.05) is 36.4 Å². The number of carbonyl (C=O) groups excluding carboxylic acids is 2. The molecular weight excluding hydrogens is 428 g/mol. The first-order valence-corrected chi connectivity index (χ1v) is 11.0. The summed E-state index contributed by atoms with van der Waals surface area (Å²) in [5.41, 5.74) is 3.27. The normalized spacial score (nSPS) is 14.2. The van der Waals surface area contributed by atoms with Crippen LogP contribution in [0.4, 0.5) is 5.69 Å². The van der Waals surface area contributed by atoms with Crippen molar-refractivity contribution >= 4 is 29.1 Å². The van der Waals surface area contributed by atoms with Crippen LogP contribution in [0.15, 0.2) is 47.0 Å². The summed E-state index contributed by atoms with van der Waals surface area (Å²) in [6, 6.07) is 12.5. The van der Waals surface area contributed by atoms with Gasteiger partial charge in [-0.3, -0.25) is 9.59 Å². The second-order valence-corrected chi connectivity index (χ2v) is 8.23. The predicted octanol–water partition coefficient (Wildman–Crippen LogP) is 4.30. The Labute approximate surface area is 191 Å². The molecular formula is C24H25ClN4O3. The summed E-state index contributed by atoms with van der Waals surface area (Å²) in [4.78, 5) is 28.1. The summed E-state index contributed by atoms with van der Waals surface area (Å²) < 4.78 is 5.31. The van der Waals surface area contributed by atoms with Gasteiger partial charge in [-0.05, 0) is 50.6 Å². The number of hydrogen-bond acceptors (Lipinski definition) is 5. The largest absolute Gasteiger partial charge is 0.360 e. The Bertz CT molecular complexity index is 1150. The number of nitrogens with one attached hydrogen (secondary N) is 2. The minimum absolute atomic E-state index is 0.0397. The van der Waals surface area contributed by atoms with E-state index in [4.69, 9.17) is 16.1 Å². The fourth-order valence-electron chi connectivity index (χ4n) is 3.78. The Kier molecular flexibility index (Phi) is 6.58. The van der Waals surface area contributed by atoms with Crippen LogP contribution in [0.2, 0.25) is 5.02 Å². The zero-order valence-corrected chi connectivity index (χ0v) is 18.8. The first-order chi connectivity index (χ1) is 15.5. The molecule has 1 aliphatic heterocycles. The molecule has 2 heterocycles. The van der Waals surface area contributed by atoms with Crippen LogP contribution in [0.3, 0.4) is 0 Å². The smallest absolute Gasteiger partial charge is 0.261 e. The van der Waals surface area contributed by atoms with Crippen LogP contribution in [0.5, 0.6) is 0 Å². The van der Waals surface area contributed by atoms with Gasteiger partial charge in [0.05, 0.1) is 5.02 Å². The molecule has 3 aromatic rings. The average molecular weight is 453 g/mol. The quantitative estimate of drug-likeness (QED) is 0.616. The number of aromatic nitrogens is 1. The molecule has 1 aliphatic rings. The number of nitrogens with zero attached hydrogens (tertiary/aromatic N) is 2. The lowest BCUT2D eigenvalue weighted by Gasteiger charge is -2.20. The van der Waals surface area contributed by atoms with Gasteiger partial charge in [-0.15, -0.1) is 0 Å². The molecule has 0 atom stereocenters. The molecule has 0 unspecified atom stereocenters. The Balaban J connectivity index is 1.61. The van der Waals surface area contributed by atoms with Crippen molar-refractivity contribution in [2.75, 3.05) is 31.5 Å². The molecule has 2 N–H and O–H groups in total. The van der Waals surface area contributed by atoms with E-state index in [0.717, 1.165) is 25.1 Å². The molecule has 32 heavy (non-hydrogen) atoms. The summed E-state index contributed by atoms with van der Waals surface area (Å²) in [5, 5.41) is 10.8. The van der Waals surface area contributed by atoms with E-state index in [9.17, 15) is 9.59 Å². The van der Waals surface area contributed by atoms with E-state index in [1.165, 1.54) is 0 Å². The van der Waals surface area contributed by atoms with Crippen LogP contribution in [-0.2, 0) is 0 Å². The molecule has 4 rings (SSSR count). The second-order valence-electron chi connectivity index (χ2n) is 7.82. The highest BCUT2D eigenvalue weighted by Gasteiger charge is 2.24. The van der Waals surface area contributed by atoms with Crippen LogP contribution in [0.25, 0.3) is 11.3 Å². The molecule has 2 amide bonds. The van der Waals surface area contributed by atoms with E-state index in [-0.39, 0.29) is 11.8 Å². The number of rotatable bonds is 4. The van der Waals surface area contributed by atoms with Crippen molar-refractivity contribution in [1.82, 2.24) is 15.4 Å². The van der Waals surface area contributed by atoms with Gasteiger partial charge in [-0.25, -0.2) is 0 Å². The van der Waals surface area contributed by atoms with E-state index in [1.54, 1.807) is 31.2 Å². The molecule has 0 bridgehead atoms. The van der Waals surface area contributed by atoms with Gasteiger partial charge in [-0.1, -0.05) is 41.0 Å². The molecule has 0 radical (unpaired) electrons. The Morgan fingerprint density at radius 2 is 1.94 bits per heavy atom. The van der Waals surface area contributed by atoms with Gasteiger partial charge in [0.2, 0.25) is 0 Å². The molecule has 166 valence electrons. The van der Waals surface area contributed by atoms with Gasteiger partial charge in [0.25, 0.3) is 11.8 Å². The zero-order valence-electron chi connectivity index (χ0n) is 18.1. The standard InChI is InChI=1S/C24H25ClN4O3/c1-15-8-9-17(24(31)29-12-5-10-26-11-13-29)14-20(15)27-23(30)21-16(2)32-28-22(21)18-6-3-4-7-19(18)25/h3-4,6-9,14,26H,5,10-13H2,1-2H3,(H,27,30). The molecule has 1 fully saturated rings. The van der Waals surface area contributed by atoms with Gasteiger partial charge in [0.1, 0.15) is 17.0 Å². The van der Waals surface area contributed by atoms with E-state index in [2.05, 4.69) is 15.8 Å². The van der Waals surface area contributed by atoms with Crippen molar-refractivity contribution in [3.05, 3.63) is 69.9 Å². The number of carbonyl (C=O) groups is 2. The summed E-state index contributed by atoms with van der Waals surface area (Å²) >= 11 is 6.31. The van der Waals surface area contributed by atoms with E-state index in [1.807, 2.05) is 30.0 Å². The van der Waals surface area contributed by atoms with Crippen molar-refractivity contribution in [1.29, 1.82) is 0 Å². The highest BCUT2D eigenvalue weighted by atomic mass is 35.5. The fourth-order valence-corrected chi connectivity index (χ4v) is 4.01. The molecule has 2 aromatic carbocycles. The number of halogens is 1. The molecule has 7 nitrogen and oxygen atoms in total. The van der Waals surface area contributed by atoms with E-state index in [0.29, 0.717) is 51.9 Å². The number of benzene rings is 2. The van der Waals surface area contributed by atoms with E-state index >= 15 is 0 Å². The third-order valence-electron chi connectivity index (χ3n) is 5.58. The predicted molar refractivity (Wildman–Crippen MR) is 124 cm³/mol. The Hall–Kier alpha value is -3.16. The van der Waals surface area contributed by atoms with Crippen molar-refractivity contribution in [3.63, 3.8) is 0 Å². The van der Waals surface area contributed by atoms with Crippen LogP contribution in [-0.4, -0.2) is 48.0 Å². The molecule has 1 aromatic heterocycles. The van der Waals surface area contributed by atoms with Crippen molar-refractivity contribution in [2.24, 2.45) is 0 Å². The maximum absolute atomic E-state index is 13.2. The molecule has 0 saturated carbocycles. The van der Waals surface area contributed by atoms with Crippen molar-refractivity contribution < 1.29 is 14.1 Å². The summed E-state index contributed by atoms with van der Waals surface area (Å²) in [6.07, 6.45) is 0.915. The van der Waals surface area contributed by atoms with Gasteiger partial charge >= 0.3 is 0 Å². The minimum Gasteiger partial charge on any atom is -0.360 e. The average Bonchev–Trinajstić information content (AvgIpc) is 2.98. The third kappa shape index (κ3) is 4.54. The monoisotopic (exact) mass is 452 g/mol. The Morgan fingerprint density at radius 1 is 1.12 bits per heavy atom. The van der Waals surface area contributed by atoms with E-state index < -0.39 is 0 Å². The van der Waals surface area contributed by atoms with Crippen LogP contribution >= 0.6 is 11.6 Å². The SMILES string of the molecule is Cc1ccc(C(=O)N2CCCNCC2)cc1NC(=O)c1c(-c2ccccc2Cl)noc1C. The maximum atomic E-state index is 13.2. The number of anilines is 1. The highest BCUT2D eigenvalue weighted by Crippen LogP contribution is 2.31. The first kappa shape index (κ1) is 22.0. The van der Waals surface area contributed by atoms with Gasteiger partial charge < -0.3 is 20.1 Å². The summed E-state index contributed by atoms with van der Waals surface area (Å²) in [5.74, 6) is -0.0215. The second kappa shape index (κ2) is 9.54. The molecule has 8 heteroatoms. The topological polar surface area (TPSA) is 87.5 Å². The highest BCUT2D eigenvalue weighted by molar-refractivity contribution is 6.33. The lowest BCUT2D eigenvalue weighted by molar-refractivity contribution is 0.0766. The maximum Gasteiger partial charge on any atom is 0.261 e. The number of hydrogen-bond donors (Lipinski definition) is 2. The lowest BCUT2D eigenvalue weighted by atomic mass is 10.0. The minimum atomic E-state index is -0.370. The van der Waals surface area contributed by atoms with Crippen molar-refractivity contribution in [2.45, 2.75) is 20.3 Å². The van der Waals surface area contributed by atoms with Crippen molar-refractivity contribution in [3.8, 4) is 11.3 Å². The molecule has 1 saturated heterocycles. The Morgan fingerprint density at radius 3 is 2.75 bits per heavy atom. The van der Waals surface area contributed by atoms with Gasteiger partial charge in [0.15, 0.2) is 0 Å². The summed E-state index contributed by atoms with van der Waals surface area (Å²) in [6.45, 7) is 6.62. The summed E-state index contributed by atoms with van der Waals surface area (Å²) in [7, 11) is 0. The third-order valence-corrected chi connectivity index (χ3v) is 5.91. The number of aryl methyl sites for hydroxylation is 2. The molecule has 0 aliphatic carbocycles. The zero-order chi connectivity index (χ0) is 22.7. The fraction of sp³-hybridized carbons (Fsp3) is 0.292. The van der Waals surface area contributed by atoms with Crippen LogP contribution in [0, 0.1) is 13.8 Å². The van der Waals surface area contributed by atoms with Gasteiger partial charge in [-0.2, -0.15) is 0 Å².